The molecule has 158 valence electrons. The van der Waals surface area contributed by atoms with Gasteiger partial charge in [0, 0.05) is 17.8 Å². The smallest absolute Gasteiger partial charge is 0.407 e. The number of nitrogens with one attached hydrogen (secondary N) is 2. The monoisotopic (exact) mass is 429 g/mol. The van der Waals surface area contributed by atoms with Crippen LogP contribution in [-0.2, 0) is 10.0 Å². The van der Waals surface area contributed by atoms with Crippen LogP contribution >= 0.6 is 0 Å². The quantitative estimate of drug-likeness (QED) is 0.658. The summed E-state index contributed by atoms with van der Waals surface area (Å²) >= 11 is 0. The topological polar surface area (TPSA) is 110 Å². The lowest BCUT2D eigenvalue weighted by atomic mass is 9.96. The van der Waals surface area contributed by atoms with E-state index in [1.54, 1.807) is 18.2 Å². The molecule has 0 spiro atoms. The summed E-state index contributed by atoms with van der Waals surface area (Å²) in [6.45, 7) is 1.86. The molecule has 0 radical (unpaired) electrons. The van der Waals surface area contributed by atoms with E-state index in [4.69, 9.17) is 4.42 Å². The third kappa shape index (κ3) is 4.11. The summed E-state index contributed by atoms with van der Waals surface area (Å²) < 4.78 is 34.0. The molecular formula is C21H23N3O5S. The van der Waals surface area contributed by atoms with Gasteiger partial charge in [0.1, 0.15) is 0 Å². The first-order valence-electron chi connectivity index (χ1n) is 9.89. The SMILES string of the molecule is Cc1cccc(NS(=O)(=O)c2ccc3c(c2)oc(=O)n3C(=O)NC2CCCCC2)c1. The fourth-order valence-electron chi connectivity index (χ4n) is 3.77. The maximum Gasteiger partial charge on any atom is 0.428 e. The molecule has 1 fully saturated rings. The van der Waals surface area contributed by atoms with Gasteiger partial charge in [0.2, 0.25) is 0 Å². The number of anilines is 1. The van der Waals surface area contributed by atoms with Gasteiger partial charge < -0.3 is 9.73 Å². The largest absolute Gasteiger partial charge is 0.428 e. The molecule has 1 aliphatic carbocycles. The Balaban J connectivity index is 1.62. The molecule has 1 amide bonds. The Morgan fingerprint density at radius 3 is 2.60 bits per heavy atom. The van der Waals surface area contributed by atoms with E-state index in [1.165, 1.54) is 18.2 Å². The molecule has 3 aromatic rings. The number of carbonyl (C=O) groups is 1. The molecule has 8 nitrogen and oxygen atoms in total. The number of rotatable bonds is 4. The number of aryl methyl sites for hydroxylation is 1. The van der Waals surface area contributed by atoms with Gasteiger partial charge in [0.05, 0.1) is 10.4 Å². The third-order valence-electron chi connectivity index (χ3n) is 5.27. The van der Waals surface area contributed by atoms with Crippen molar-refractivity contribution in [2.45, 2.75) is 50.0 Å². The van der Waals surface area contributed by atoms with Crippen molar-refractivity contribution in [3.8, 4) is 0 Å². The van der Waals surface area contributed by atoms with Crippen molar-refractivity contribution in [3.05, 3.63) is 58.6 Å². The molecule has 0 atom stereocenters. The van der Waals surface area contributed by atoms with Gasteiger partial charge in [0.15, 0.2) is 5.58 Å². The summed E-state index contributed by atoms with van der Waals surface area (Å²) in [4.78, 5) is 24.8. The highest BCUT2D eigenvalue weighted by Crippen LogP contribution is 2.22. The van der Waals surface area contributed by atoms with Gasteiger partial charge in [-0.3, -0.25) is 4.72 Å². The van der Waals surface area contributed by atoms with Crippen LogP contribution in [0.2, 0.25) is 0 Å². The van der Waals surface area contributed by atoms with Crippen LogP contribution < -0.4 is 15.8 Å². The molecule has 0 unspecified atom stereocenters. The van der Waals surface area contributed by atoms with Crippen LogP contribution in [0.1, 0.15) is 37.7 Å². The molecule has 2 aromatic carbocycles. The van der Waals surface area contributed by atoms with Crippen LogP contribution in [0.15, 0.2) is 56.6 Å². The van der Waals surface area contributed by atoms with Crippen LogP contribution in [-0.4, -0.2) is 25.1 Å². The molecule has 1 saturated carbocycles. The summed E-state index contributed by atoms with van der Waals surface area (Å²) in [5.41, 5.74) is 1.60. The third-order valence-corrected chi connectivity index (χ3v) is 6.65. The minimum atomic E-state index is -3.89. The Labute approximate surface area is 173 Å². The summed E-state index contributed by atoms with van der Waals surface area (Å²) in [5, 5.41) is 2.87. The highest BCUT2D eigenvalue weighted by Gasteiger charge is 2.23. The standard InChI is InChI=1S/C21H23N3O5S/c1-14-6-5-9-16(12-14)23-30(27,28)17-10-11-18-19(13-17)29-21(26)24(18)20(25)22-15-7-3-2-4-8-15/h5-6,9-13,15,23H,2-4,7-8H2,1H3,(H,22,25). The fourth-order valence-corrected chi connectivity index (χ4v) is 4.83. The van der Waals surface area contributed by atoms with Gasteiger partial charge in [-0.1, -0.05) is 31.4 Å². The van der Waals surface area contributed by atoms with Gasteiger partial charge in [-0.25, -0.2) is 18.0 Å². The molecule has 4 rings (SSSR count). The summed E-state index contributed by atoms with van der Waals surface area (Å²) in [6.07, 6.45) is 4.99. The van der Waals surface area contributed by atoms with Gasteiger partial charge in [-0.2, -0.15) is 4.57 Å². The predicted molar refractivity (Wildman–Crippen MR) is 113 cm³/mol. The molecule has 0 saturated heterocycles. The highest BCUT2D eigenvalue weighted by atomic mass is 32.2. The first-order valence-corrected chi connectivity index (χ1v) is 11.4. The van der Waals surface area contributed by atoms with E-state index in [-0.39, 0.29) is 22.0 Å². The number of oxazole rings is 1. The number of hydrogen-bond acceptors (Lipinski definition) is 5. The van der Waals surface area contributed by atoms with Crippen molar-refractivity contribution >= 4 is 32.8 Å². The average Bonchev–Trinajstić information content (AvgIpc) is 3.03. The van der Waals surface area contributed by atoms with Gasteiger partial charge >= 0.3 is 11.8 Å². The van der Waals surface area contributed by atoms with Crippen molar-refractivity contribution < 1.29 is 17.6 Å². The first-order chi connectivity index (χ1) is 14.3. The summed E-state index contributed by atoms with van der Waals surface area (Å²) in [7, 11) is -3.89. The normalized spacial score (nSPS) is 15.2. The van der Waals surface area contributed by atoms with E-state index in [2.05, 4.69) is 10.0 Å². The zero-order valence-corrected chi connectivity index (χ0v) is 17.4. The number of sulfonamides is 1. The molecule has 30 heavy (non-hydrogen) atoms. The van der Waals surface area contributed by atoms with E-state index in [9.17, 15) is 18.0 Å². The van der Waals surface area contributed by atoms with Crippen LogP contribution in [0.5, 0.6) is 0 Å². The molecule has 2 N–H and O–H groups in total. The second-order valence-electron chi connectivity index (χ2n) is 7.59. The molecule has 0 bridgehead atoms. The van der Waals surface area contributed by atoms with Crippen LogP contribution in [0, 0.1) is 6.92 Å². The second-order valence-corrected chi connectivity index (χ2v) is 9.27. The van der Waals surface area contributed by atoms with E-state index in [0.29, 0.717) is 5.69 Å². The number of aromatic nitrogens is 1. The lowest BCUT2D eigenvalue weighted by Gasteiger charge is -2.22. The maximum absolute atomic E-state index is 12.7. The van der Waals surface area contributed by atoms with Crippen LogP contribution in [0.25, 0.3) is 11.1 Å². The van der Waals surface area contributed by atoms with E-state index in [1.807, 2.05) is 13.0 Å². The number of amides is 1. The van der Waals surface area contributed by atoms with Gasteiger partial charge in [-0.05, 0) is 49.6 Å². The summed E-state index contributed by atoms with van der Waals surface area (Å²) in [6, 6.07) is 10.4. The lowest BCUT2D eigenvalue weighted by molar-refractivity contribution is 0.233. The summed E-state index contributed by atoms with van der Waals surface area (Å²) in [5.74, 6) is -0.848. The molecular weight excluding hydrogens is 406 g/mol. The molecule has 9 heteroatoms. The number of fused-ring (bicyclic) bond motifs is 1. The molecule has 0 aliphatic heterocycles. The van der Waals surface area contributed by atoms with Gasteiger partial charge in [0.25, 0.3) is 10.0 Å². The zero-order chi connectivity index (χ0) is 21.3. The lowest BCUT2D eigenvalue weighted by Crippen LogP contribution is -2.41. The van der Waals surface area contributed by atoms with Crippen LogP contribution in [0.3, 0.4) is 0 Å². The van der Waals surface area contributed by atoms with Crippen molar-refractivity contribution in [2.75, 3.05) is 4.72 Å². The second kappa shape index (κ2) is 7.98. The van der Waals surface area contributed by atoms with E-state index >= 15 is 0 Å². The van der Waals surface area contributed by atoms with Crippen LogP contribution in [0.4, 0.5) is 10.5 Å². The first kappa shape index (κ1) is 20.2. The number of benzene rings is 2. The Morgan fingerprint density at radius 1 is 1.10 bits per heavy atom. The fraction of sp³-hybridized carbons (Fsp3) is 0.333. The maximum atomic E-state index is 12.7. The molecule has 1 aliphatic rings. The van der Waals surface area contributed by atoms with Crippen molar-refractivity contribution in [1.82, 2.24) is 9.88 Å². The predicted octanol–water partition coefficient (Wildman–Crippen LogP) is 3.59. The number of carbonyl (C=O) groups excluding carboxylic acids is 1. The zero-order valence-electron chi connectivity index (χ0n) is 16.6. The van der Waals surface area contributed by atoms with Gasteiger partial charge in [-0.15, -0.1) is 0 Å². The van der Waals surface area contributed by atoms with E-state index in [0.717, 1.165) is 42.2 Å². The van der Waals surface area contributed by atoms with Crippen molar-refractivity contribution in [3.63, 3.8) is 0 Å². The Morgan fingerprint density at radius 2 is 1.87 bits per heavy atom. The minimum Gasteiger partial charge on any atom is -0.407 e. The van der Waals surface area contributed by atoms with Crippen molar-refractivity contribution in [1.29, 1.82) is 0 Å². The Bertz CT molecular complexity index is 1250. The van der Waals surface area contributed by atoms with E-state index < -0.39 is 21.8 Å². The Hall–Kier alpha value is -3.07. The molecule has 1 heterocycles. The Kier molecular flexibility index (Phi) is 5.38. The van der Waals surface area contributed by atoms with Crippen molar-refractivity contribution in [2.24, 2.45) is 0 Å². The highest BCUT2D eigenvalue weighted by molar-refractivity contribution is 7.92. The number of nitrogens with zero attached hydrogens (tertiary/aromatic N) is 1. The number of hydrogen-bond donors (Lipinski definition) is 2. The average molecular weight is 429 g/mol. The minimum absolute atomic E-state index is 0.0290. The molecule has 1 aromatic heterocycles.